The Bertz CT molecular complexity index is 1580. The minimum absolute atomic E-state index is 0.132. The summed E-state index contributed by atoms with van der Waals surface area (Å²) in [4.78, 5) is 11.6. The highest BCUT2D eigenvalue weighted by molar-refractivity contribution is 5.92. The van der Waals surface area contributed by atoms with Crippen LogP contribution in [0.4, 0.5) is 4.39 Å². The summed E-state index contributed by atoms with van der Waals surface area (Å²) in [5.41, 5.74) is 5.98. The maximum Gasteiger partial charge on any atom is 0.344 e. The van der Waals surface area contributed by atoms with Gasteiger partial charge in [-0.1, -0.05) is 54.6 Å². The zero-order chi connectivity index (χ0) is 27.2. The number of halogens is 1. The van der Waals surface area contributed by atoms with Crippen LogP contribution in [0.3, 0.4) is 0 Å². The molecule has 0 aliphatic rings. The zero-order valence-electron chi connectivity index (χ0n) is 22.0. The molecule has 6 heteroatoms. The molecular weight excluding hydrogens is 493 g/mol. The number of carbonyl (C=O) groups is 1. The second-order valence-corrected chi connectivity index (χ2v) is 9.26. The lowest BCUT2D eigenvalue weighted by molar-refractivity contribution is -0.145. The SMILES string of the molecule is CCOC(=O)COc1ccc(Cn2c(-c3cccc(F)c3)c(C)c3cc(OCc4ccccc4)ccc32)cc1. The van der Waals surface area contributed by atoms with Gasteiger partial charge in [0.1, 0.15) is 23.9 Å². The Kier molecular flexibility index (Phi) is 7.92. The second-order valence-electron chi connectivity index (χ2n) is 9.26. The number of rotatable bonds is 10. The molecule has 0 amide bonds. The van der Waals surface area contributed by atoms with Crippen molar-refractivity contribution in [1.82, 2.24) is 4.57 Å². The maximum atomic E-state index is 14.3. The van der Waals surface area contributed by atoms with Crippen molar-refractivity contribution < 1.29 is 23.4 Å². The van der Waals surface area contributed by atoms with Crippen molar-refractivity contribution in [1.29, 1.82) is 0 Å². The Labute approximate surface area is 227 Å². The molecule has 1 heterocycles. The van der Waals surface area contributed by atoms with Crippen LogP contribution in [0.1, 0.15) is 23.6 Å². The second kappa shape index (κ2) is 11.9. The molecule has 5 nitrogen and oxygen atoms in total. The van der Waals surface area contributed by atoms with Crippen LogP contribution >= 0.6 is 0 Å². The number of benzene rings is 4. The number of nitrogens with zero attached hydrogens (tertiary/aromatic N) is 1. The molecule has 0 saturated heterocycles. The van der Waals surface area contributed by atoms with E-state index in [2.05, 4.69) is 23.6 Å². The fourth-order valence-corrected chi connectivity index (χ4v) is 4.72. The molecule has 5 rings (SSSR count). The summed E-state index contributed by atoms with van der Waals surface area (Å²) in [6.07, 6.45) is 0. The molecule has 0 atom stereocenters. The smallest absolute Gasteiger partial charge is 0.344 e. The van der Waals surface area contributed by atoms with Gasteiger partial charge < -0.3 is 18.8 Å². The molecule has 0 radical (unpaired) electrons. The molecule has 0 unspecified atom stereocenters. The molecule has 0 fully saturated rings. The third-order valence-corrected chi connectivity index (χ3v) is 6.56. The molecule has 0 aliphatic carbocycles. The summed E-state index contributed by atoms with van der Waals surface area (Å²) in [7, 11) is 0. The fourth-order valence-electron chi connectivity index (χ4n) is 4.72. The Morgan fingerprint density at radius 3 is 2.33 bits per heavy atom. The van der Waals surface area contributed by atoms with E-state index in [1.807, 2.05) is 66.7 Å². The van der Waals surface area contributed by atoms with Gasteiger partial charge >= 0.3 is 5.97 Å². The van der Waals surface area contributed by atoms with E-state index in [4.69, 9.17) is 14.2 Å². The number of esters is 1. The molecule has 4 aromatic carbocycles. The first-order chi connectivity index (χ1) is 19.0. The Balaban J connectivity index is 1.46. The van der Waals surface area contributed by atoms with E-state index in [0.717, 1.165) is 44.6 Å². The van der Waals surface area contributed by atoms with Gasteiger partial charge in [0.05, 0.1) is 12.3 Å². The number of carbonyl (C=O) groups excluding carboxylic acids is 1. The highest BCUT2D eigenvalue weighted by Crippen LogP contribution is 2.36. The first-order valence-corrected chi connectivity index (χ1v) is 12.9. The third-order valence-electron chi connectivity index (χ3n) is 6.56. The minimum atomic E-state index is -0.400. The van der Waals surface area contributed by atoms with Gasteiger partial charge in [0.2, 0.25) is 0 Å². The average Bonchev–Trinajstić information content (AvgIpc) is 3.22. The predicted octanol–water partition coefficient (Wildman–Crippen LogP) is 7.33. The van der Waals surface area contributed by atoms with Crippen molar-refractivity contribution in [2.24, 2.45) is 0 Å². The molecule has 1 aromatic heterocycles. The predicted molar refractivity (Wildman–Crippen MR) is 151 cm³/mol. The van der Waals surface area contributed by atoms with Gasteiger partial charge in [0.15, 0.2) is 6.61 Å². The van der Waals surface area contributed by atoms with Crippen molar-refractivity contribution in [3.63, 3.8) is 0 Å². The topological polar surface area (TPSA) is 49.7 Å². The standard InChI is InChI=1S/C33H30FNO4/c1-3-37-32(36)22-39-28-14-12-24(13-15-28)20-35-31-17-16-29(38-21-25-8-5-4-6-9-25)19-30(31)23(2)33(35)26-10-7-11-27(34)18-26/h4-19H,3,20-22H2,1-2H3. The number of hydrogen-bond donors (Lipinski definition) is 0. The zero-order valence-corrected chi connectivity index (χ0v) is 22.0. The largest absolute Gasteiger partial charge is 0.489 e. The highest BCUT2D eigenvalue weighted by atomic mass is 19.1. The van der Waals surface area contributed by atoms with Crippen LogP contribution < -0.4 is 9.47 Å². The van der Waals surface area contributed by atoms with Gasteiger partial charge in [-0.2, -0.15) is 0 Å². The average molecular weight is 524 g/mol. The van der Waals surface area contributed by atoms with E-state index in [0.29, 0.717) is 25.5 Å². The lowest BCUT2D eigenvalue weighted by atomic mass is 10.1. The molecule has 0 bridgehead atoms. The maximum absolute atomic E-state index is 14.3. The van der Waals surface area contributed by atoms with Gasteiger partial charge in [0.25, 0.3) is 0 Å². The summed E-state index contributed by atoms with van der Waals surface area (Å²) in [6, 6.07) is 30.4. The van der Waals surface area contributed by atoms with E-state index in [1.165, 1.54) is 6.07 Å². The third kappa shape index (κ3) is 6.12. The number of hydrogen-bond acceptors (Lipinski definition) is 4. The molecular formula is C33H30FNO4. The van der Waals surface area contributed by atoms with E-state index in [9.17, 15) is 9.18 Å². The molecule has 39 heavy (non-hydrogen) atoms. The number of fused-ring (bicyclic) bond motifs is 1. The fraction of sp³-hybridized carbons (Fsp3) is 0.182. The molecule has 5 aromatic rings. The van der Waals surface area contributed by atoms with Crippen LogP contribution in [0.2, 0.25) is 0 Å². The van der Waals surface area contributed by atoms with Gasteiger partial charge in [-0.3, -0.25) is 0 Å². The van der Waals surface area contributed by atoms with Gasteiger partial charge in [-0.25, -0.2) is 9.18 Å². The van der Waals surface area contributed by atoms with Gasteiger partial charge in [-0.05, 0) is 73.0 Å². The Morgan fingerprint density at radius 1 is 0.821 bits per heavy atom. The van der Waals surface area contributed by atoms with Crippen LogP contribution in [0.15, 0.2) is 97.1 Å². The van der Waals surface area contributed by atoms with Crippen LogP contribution in [0.5, 0.6) is 11.5 Å². The highest BCUT2D eigenvalue weighted by Gasteiger charge is 2.18. The monoisotopic (exact) mass is 523 g/mol. The first-order valence-electron chi connectivity index (χ1n) is 12.9. The Hall–Kier alpha value is -4.58. The number of ether oxygens (including phenoxy) is 3. The van der Waals surface area contributed by atoms with Crippen molar-refractivity contribution >= 4 is 16.9 Å². The lowest BCUT2D eigenvalue weighted by Crippen LogP contribution is -2.14. The first kappa shape index (κ1) is 26.0. The minimum Gasteiger partial charge on any atom is -0.489 e. The lowest BCUT2D eigenvalue weighted by Gasteiger charge is -2.13. The Morgan fingerprint density at radius 2 is 1.59 bits per heavy atom. The quantitative estimate of drug-likeness (QED) is 0.180. The summed E-state index contributed by atoms with van der Waals surface area (Å²) < 4.78 is 33.0. The van der Waals surface area contributed by atoms with Crippen molar-refractivity contribution in [3.8, 4) is 22.8 Å². The summed E-state index contributed by atoms with van der Waals surface area (Å²) >= 11 is 0. The van der Waals surface area contributed by atoms with E-state index >= 15 is 0 Å². The molecule has 0 N–H and O–H groups in total. The van der Waals surface area contributed by atoms with Crippen molar-refractivity contribution in [2.45, 2.75) is 27.0 Å². The summed E-state index contributed by atoms with van der Waals surface area (Å²) in [5.74, 6) is 0.688. The van der Waals surface area contributed by atoms with E-state index in [-0.39, 0.29) is 12.4 Å². The number of aromatic nitrogens is 1. The molecule has 0 spiro atoms. The van der Waals surface area contributed by atoms with E-state index < -0.39 is 5.97 Å². The summed E-state index contributed by atoms with van der Waals surface area (Å²) in [6.45, 7) is 5.06. The van der Waals surface area contributed by atoms with Crippen LogP contribution in [-0.4, -0.2) is 23.8 Å². The molecule has 0 aliphatic heterocycles. The summed E-state index contributed by atoms with van der Waals surface area (Å²) in [5, 5.41) is 1.05. The molecule has 0 saturated carbocycles. The van der Waals surface area contributed by atoms with Crippen LogP contribution in [0, 0.1) is 12.7 Å². The molecule has 198 valence electrons. The van der Waals surface area contributed by atoms with Gasteiger partial charge in [-0.15, -0.1) is 0 Å². The van der Waals surface area contributed by atoms with Crippen molar-refractivity contribution in [3.05, 3.63) is 120 Å². The van der Waals surface area contributed by atoms with Gasteiger partial charge in [0, 0.05) is 23.0 Å². The van der Waals surface area contributed by atoms with E-state index in [1.54, 1.807) is 19.1 Å². The van der Waals surface area contributed by atoms with Crippen LogP contribution in [0.25, 0.3) is 22.2 Å². The normalized spacial score (nSPS) is 10.9. The van der Waals surface area contributed by atoms with Crippen LogP contribution in [-0.2, 0) is 22.7 Å². The number of aryl methyl sites for hydroxylation is 1. The van der Waals surface area contributed by atoms with Crippen molar-refractivity contribution in [2.75, 3.05) is 13.2 Å².